The van der Waals surface area contributed by atoms with Gasteiger partial charge >= 0.3 is 0 Å². The molecule has 0 aromatic carbocycles. The van der Waals surface area contributed by atoms with Gasteiger partial charge in [-0.25, -0.2) is 0 Å². The van der Waals surface area contributed by atoms with Gasteiger partial charge in [-0.2, -0.15) is 0 Å². The third-order valence-electron chi connectivity index (χ3n) is 10.3. The van der Waals surface area contributed by atoms with Crippen LogP contribution in [0.15, 0.2) is 5.11 Å². The monoisotopic (exact) mass is 899 g/mol. The lowest BCUT2D eigenvalue weighted by Gasteiger charge is -2.51. The molecular formula is C34H57N7O21. The van der Waals surface area contributed by atoms with Gasteiger partial charge in [-0.05, 0) is 5.53 Å². The largest absolute Gasteiger partial charge is 0.394 e. The van der Waals surface area contributed by atoms with E-state index < -0.39 is 173 Å². The fraction of sp³-hybridized carbons (Fsp3) is 0.882. The van der Waals surface area contributed by atoms with Gasteiger partial charge in [0.1, 0.15) is 97.4 Å². The van der Waals surface area contributed by atoms with Crippen molar-refractivity contribution in [2.24, 2.45) is 5.11 Å². The van der Waals surface area contributed by atoms with E-state index >= 15 is 0 Å². The first-order valence-electron chi connectivity index (χ1n) is 19.5. The molecule has 0 radical (unpaired) electrons. The van der Waals surface area contributed by atoms with E-state index in [1.165, 1.54) is 0 Å². The van der Waals surface area contributed by atoms with Crippen molar-refractivity contribution in [1.82, 2.24) is 21.3 Å². The first-order valence-corrected chi connectivity index (χ1v) is 19.5. The van der Waals surface area contributed by atoms with E-state index in [-0.39, 0.29) is 13.2 Å². The normalized spacial score (nSPS) is 41.0. The molecule has 4 aliphatic heterocycles. The number of ether oxygens (including phenoxy) is 8. The van der Waals surface area contributed by atoms with E-state index in [2.05, 4.69) is 31.3 Å². The Morgan fingerprint density at radius 3 is 1.31 bits per heavy atom. The zero-order valence-electron chi connectivity index (χ0n) is 34.1. The van der Waals surface area contributed by atoms with Gasteiger partial charge in [-0.1, -0.05) is 5.11 Å². The molecule has 0 bridgehead atoms. The smallest absolute Gasteiger partial charge is 0.217 e. The third-order valence-corrected chi connectivity index (χ3v) is 10.3. The van der Waals surface area contributed by atoms with E-state index in [4.69, 9.17) is 43.4 Å². The number of nitrogens with zero attached hydrogens (tertiary/aromatic N) is 3. The molecule has 0 saturated carbocycles. The van der Waals surface area contributed by atoms with Gasteiger partial charge in [-0.3, -0.25) is 19.2 Å². The molecule has 4 fully saturated rings. The zero-order valence-corrected chi connectivity index (χ0v) is 34.1. The predicted octanol–water partition coefficient (Wildman–Crippen LogP) is -7.84. The number of azide groups is 1. The molecule has 0 spiro atoms. The van der Waals surface area contributed by atoms with E-state index in [9.17, 15) is 65.1 Å². The molecule has 4 saturated heterocycles. The fourth-order valence-electron chi connectivity index (χ4n) is 7.55. The summed E-state index contributed by atoms with van der Waals surface area (Å²) in [5.74, 6) is -2.88. The van der Waals surface area contributed by atoms with E-state index in [1.807, 2.05) is 0 Å². The molecule has 354 valence electrons. The molecule has 62 heavy (non-hydrogen) atoms. The molecule has 20 unspecified atom stereocenters. The second-order valence-corrected chi connectivity index (χ2v) is 14.9. The van der Waals surface area contributed by atoms with Crippen LogP contribution in [-0.4, -0.2) is 232 Å². The van der Waals surface area contributed by atoms with Crippen LogP contribution >= 0.6 is 0 Å². The number of amides is 4. The predicted molar refractivity (Wildman–Crippen MR) is 198 cm³/mol. The maximum Gasteiger partial charge on any atom is 0.217 e. The SMILES string of the molecule is CC(=O)NC1C(OC2C(CO)OC(OC3C(O)C(CO)OC(OC4C(CO)OC(OCCN=[N+]=[N-])C(NC(C)=O)C4O)C3NC(C)=O)C(NC(C)=O)C2O)OC(CO)C(O)C1O. The fourth-order valence-corrected chi connectivity index (χ4v) is 7.55. The summed E-state index contributed by atoms with van der Waals surface area (Å²) in [4.78, 5) is 52.0. The zero-order chi connectivity index (χ0) is 46.0. The summed E-state index contributed by atoms with van der Waals surface area (Å²) in [5.41, 5.74) is 8.59. The minimum absolute atomic E-state index is 0.158. The lowest BCUT2D eigenvalue weighted by Crippen LogP contribution is -2.72. The Bertz CT molecular complexity index is 1550. The molecule has 13 N–H and O–H groups in total. The number of nitrogens with one attached hydrogen (secondary N) is 4. The van der Waals surface area contributed by atoms with Crippen molar-refractivity contribution in [1.29, 1.82) is 0 Å². The lowest BCUT2D eigenvalue weighted by molar-refractivity contribution is -0.361. The summed E-state index contributed by atoms with van der Waals surface area (Å²) >= 11 is 0. The highest BCUT2D eigenvalue weighted by Gasteiger charge is 2.56. The van der Waals surface area contributed by atoms with Crippen molar-refractivity contribution in [2.75, 3.05) is 39.6 Å². The summed E-state index contributed by atoms with van der Waals surface area (Å²) < 4.78 is 47.1. The Labute approximate surface area is 353 Å². The number of hydrogen-bond donors (Lipinski definition) is 13. The quantitative estimate of drug-likeness (QED) is 0.0263. The van der Waals surface area contributed by atoms with E-state index in [0.29, 0.717) is 0 Å². The Morgan fingerprint density at radius 1 is 0.516 bits per heavy atom. The van der Waals surface area contributed by atoms with Crippen LogP contribution in [0.25, 0.3) is 10.4 Å². The van der Waals surface area contributed by atoms with Crippen molar-refractivity contribution in [3.8, 4) is 0 Å². The topological polar surface area (TPSA) is 421 Å². The second-order valence-electron chi connectivity index (χ2n) is 14.9. The van der Waals surface area contributed by atoms with Gasteiger partial charge in [0, 0.05) is 39.2 Å². The van der Waals surface area contributed by atoms with E-state index in [1.54, 1.807) is 0 Å². The van der Waals surface area contributed by atoms with Crippen LogP contribution in [-0.2, 0) is 57.1 Å². The van der Waals surface area contributed by atoms with Crippen molar-refractivity contribution in [3.63, 3.8) is 0 Å². The van der Waals surface area contributed by atoms with Crippen LogP contribution < -0.4 is 21.3 Å². The number of hydrogen-bond acceptors (Lipinski definition) is 22. The molecule has 0 aliphatic carbocycles. The molecule has 0 aromatic rings. The maximum atomic E-state index is 12.7. The Kier molecular flexibility index (Phi) is 19.3. The molecule has 28 heteroatoms. The minimum atomic E-state index is -1.92. The van der Waals surface area contributed by atoms with Crippen molar-refractivity contribution in [2.45, 2.75) is 150 Å². The second kappa shape index (κ2) is 23.4. The minimum Gasteiger partial charge on any atom is -0.394 e. The number of carbonyl (C=O) groups is 4. The molecule has 4 rings (SSSR count). The highest BCUT2D eigenvalue weighted by atomic mass is 16.8. The Balaban J connectivity index is 1.66. The first-order chi connectivity index (χ1) is 29.4. The summed E-state index contributed by atoms with van der Waals surface area (Å²) in [7, 11) is 0. The molecule has 20 atom stereocenters. The number of rotatable bonds is 18. The van der Waals surface area contributed by atoms with Crippen LogP contribution in [0.5, 0.6) is 0 Å². The molecule has 0 aromatic heterocycles. The summed E-state index contributed by atoms with van der Waals surface area (Å²) in [6, 6.07) is -6.15. The van der Waals surface area contributed by atoms with Crippen molar-refractivity contribution >= 4 is 23.6 Å². The number of aliphatic hydroxyl groups is 9. The van der Waals surface area contributed by atoms with Gasteiger partial charge in [0.15, 0.2) is 25.2 Å². The summed E-state index contributed by atoms with van der Waals surface area (Å²) in [6.45, 7) is 0.475. The Morgan fingerprint density at radius 2 is 0.871 bits per heavy atom. The highest BCUT2D eigenvalue weighted by Crippen LogP contribution is 2.35. The van der Waals surface area contributed by atoms with Gasteiger partial charge in [0.2, 0.25) is 23.6 Å². The lowest BCUT2D eigenvalue weighted by atomic mass is 9.93. The van der Waals surface area contributed by atoms with Crippen molar-refractivity contribution < 1.29 is 103 Å². The van der Waals surface area contributed by atoms with Gasteiger partial charge in [-0.15, -0.1) is 0 Å². The molecule has 4 heterocycles. The van der Waals surface area contributed by atoms with E-state index in [0.717, 1.165) is 27.7 Å². The molecule has 4 amide bonds. The van der Waals surface area contributed by atoms with Gasteiger partial charge < -0.3 is 105 Å². The van der Waals surface area contributed by atoms with Gasteiger partial charge in [0.25, 0.3) is 0 Å². The highest BCUT2D eigenvalue weighted by molar-refractivity contribution is 5.74. The number of carbonyl (C=O) groups excluding carboxylic acids is 4. The van der Waals surface area contributed by atoms with Crippen LogP contribution in [0.3, 0.4) is 0 Å². The van der Waals surface area contributed by atoms with Crippen LogP contribution in [0.2, 0.25) is 0 Å². The molecule has 28 nitrogen and oxygen atoms in total. The van der Waals surface area contributed by atoms with Crippen LogP contribution in [0.1, 0.15) is 27.7 Å². The summed E-state index contributed by atoms with van der Waals surface area (Å²) in [6.07, 6.45) is -26.9. The van der Waals surface area contributed by atoms with Crippen molar-refractivity contribution in [3.05, 3.63) is 10.4 Å². The standard InChI is InChI=1S/C34H57N7O21/c1-11(46)37-19-25(52)23(50)15(7-42)56-32(19)60-29-18(10-45)59-33(21(27(29)54)39-13(3)48)62-30-22(40-14(4)49)34(57-16(8-43)24(30)51)61-28-17(9-44)58-31(55-6-5-36-41-35)20(26(28)53)38-12(2)47/h15-34,42-45,50-54H,5-10H2,1-4H3,(H,37,46)(H,38,47)(H,39,48)(H,40,49). The maximum absolute atomic E-state index is 12.7. The summed E-state index contributed by atoms with van der Waals surface area (Å²) in [5, 5.41) is 110. The average molecular weight is 900 g/mol. The van der Waals surface area contributed by atoms with Gasteiger partial charge in [0.05, 0.1) is 33.0 Å². The Hall–Kier alpha value is -3.49. The van der Waals surface area contributed by atoms with Crippen LogP contribution in [0, 0.1) is 0 Å². The van der Waals surface area contributed by atoms with Crippen LogP contribution in [0.4, 0.5) is 0 Å². The molecule has 4 aliphatic rings. The third kappa shape index (κ3) is 12.4. The number of aliphatic hydroxyl groups excluding tert-OH is 9. The first kappa shape index (κ1) is 51.1. The molecular weight excluding hydrogens is 842 g/mol. The average Bonchev–Trinajstić information content (AvgIpc) is 3.21.